The molecular weight excluding hydrogens is 308 g/mol. The van der Waals surface area contributed by atoms with Crippen molar-refractivity contribution in [3.05, 3.63) is 23.8 Å². The Labute approximate surface area is 132 Å². The molecule has 2 N–H and O–H groups in total. The van der Waals surface area contributed by atoms with Crippen LogP contribution in [-0.4, -0.2) is 36.8 Å². The lowest BCUT2D eigenvalue weighted by Crippen LogP contribution is -2.51. The molecule has 1 aromatic carbocycles. The molecule has 0 bridgehead atoms. The summed E-state index contributed by atoms with van der Waals surface area (Å²) in [6, 6.07) is 3.79. The number of carbonyl (C=O) groups is 2. The highest BCUT2D eigenvalue weighted by molar-refractivity contribution is 7.98. The fourth-order valence-electron chi connectivity index (χ4n) is 1.93. The van der Waals surface area contributed by atoms with Crippen LogP contribution in [0, 0.1) is 0 Å². The van der Waals surface area contributed by atoms with Crippen LogP contribution in [0.15, 0.2) is 18.2 Å². The minimum absolute atomic E-state index is 0.190. The summed E-state index contributed by atoms with van der Waals surface area (Å²) in [7, 11) is 0. The normalized spacial score (nSPS) is 13.5. The summed E-state index contributed by atoms with van der Waals surface area (Å²) < 4.78 is 10.4. The number of hydrogen-bond acceptors (Lipinski definition) is 6. The van der Waals surface area contributed by atoms with Crippen molar-refractivity contribution < 1.29 is 24.2 Å². The monoisotopic (exact) mass is 325 g/mol. The third-order valence-corrected chi connectivity index (χ3v) is 3.73. The molecule has 2 rings (SSSR count). The number of urea groups is 1. The average Bonchev–Trinajstić information content (AvgIpc) is 2.96. The second-order valence-electron chi connectivity index (χ2n) is 4.67. The molecule has 7 nitrogen and oxygen atoms in total. The van der Waals surface area contributed by atoms with Gasteiger partial charge in [0.05, 0.1) is 12.0 Å². The molecule has 0 spiro atoms. The number of nitrogens with one attached hydrogen (secondary N) is 2. The van der Waals surface area contributed by atoms with Gasteiger partial charge in [-0.1, -0.05) is 6.07 Å². The predicted molar refractivity (Wildman–Crippen MR) is 79.7 cm³/mol. The zero-order chi connectivity index (χ0) is 15.9. The number of carbonyl (C=O) groups excluding carboxylic acids is 2. The molecule has 0 radical (unpaired) electrons. The van der Waals surface area contributed by atoms with Crippen LogP contribution in [0.4, 0.5) is 4.79 Å². The summed E-state index contributed by atoms with van der Waals surface area (Å²) >= 11 is 1.51. The fourth-order valence-corrected chi connectivity index (χ4v) is 2.40. The van der Waals surface area contributed by atoms with Crippen molar-refractivity contribution in [1.82, 2.24) is 10.6 Å². The summed E-state index contributed by atoms with van der Waals surface area (Å²) in [6.45, 7) is 0.445. The average molecular weight is 325 g/mol. The van der Waals surface area contributed by atoms with Gasteiger partial charge >= 0.3 is 6.03 Å². The molecule has 22 heavy (non-hydrogen) atoms. The molecule has 0 unspecified atom stereocenters. The second kappa shape index (κ2) is 7.79. The lowest BCUT2D eigenvalue weighted by Gasteiger charge is -2.19. The number of hydrogen-bond donors (Lipinski definition) is 2. The van der Waals surface area contributed by atoms with Crippen molar-refractivity contribution in [2.24, 2.45) is 0 Å². The molecule has 0 saturated heterocycles. The first-order chi connectivity index (χ1) is 10.6. The molecule has 0 aromatic heterocycles. The van der Waals surface area contributed by atoms with E-state index in [1.807, 2.05) is 6.26 Å². The molecule has 0 aliphatic carbocycles. The number of benzene rings is 1. The Morgan fingerprint density at radius 2 is 2.14 bits per heavy atom. The highest BCUT2D eigenvalue weighted by atomic mass is 32.2. The Balaban J connectivity index is 1.82. The van der Waals surface area contributed by atoms with E-state index in [0.717, 1.165) is 5.56 Å². The number of amides is 2. The Morgan fingerprint density at radius 1 is 1.36 bits per heavy atom. The van der Waals surface area contributed by atoms with Crippen LogP contribution >= 0.6 is 11.8 Å². The number of carboxylic acids is 1. The Morgan fingerprint density at radius 3 is 2.86 bits per heavy atom. The molecule has 1 atom stereocenters. The van der Waals surface area contributed by atoms with Gasteiger partial charge in [0.2, 0.25) is 6.79 Å². The van der Waals surface area contributed by atoms with Gasteiger partial charge in [0, 0.05) is 6.54 Å². The Hall–Kier alpha value is -2.09. The lowest BCUT2D eigenvalue weighted by molar-refractivity contribution is -0.308. The topological polar surface area (TPSA) is 99.7 Å². The van der Waals surface area contributed by atoms with Crippen LogP contribution in [0.3, 0.4) is 0 Å². The molecule has 8 heteroatoms. The van der Waals surface area contributed by atoms with Gasteiger partial charge in [0.15, 0.2) is 11.5 Å². The van der Waals surface area contributed by atoms with Crippen LogP contribution < -0.4 is 25.2 Å². The van der Waals surface area contributed by atoms with E-state index in [2.05, 4.69) is 10.6 Å². The quantitative estimate of drug-likeness (QED) is 0.737. The molecule has 1 aliphatic rings. The SMILES string of the molecule is CSCC[C@H](NC(=O)NCc1ccc2c(c1)OCO2)C(=O)[O-]. The number of rotatable bonds is 7. The smallest absolute Gasteiger partial charge is 0.315 e. The maximum Gasteiger partial charge on any atom is 0.315 e. The van der Waals surface area contributed by atoms with Crippen LogP contribution in [-0.2, 0) is 11.3 Å². The molecule has 2 amide bonds. The van der Waals surface area contributed by atoms with Gasteiger partial charge in [0.25, 0.3) is 0 Å². The summed E-state index contributed by atoms with van der Waals surface area (Å²) in [4.78, 5) is 22.7. The Kier molecular flexibility index (Phi) is 5.76. The van der Waals surface area contributed by atoms with Crippen LogP contribution in [0.5, 0.6) is 11.5 Å². The van der Waals surface area contributed by atoms with E-state index in [1.165, 1.54) is 11.8 Å². The van der Waals surface area contributed by atoms with Crippen LogP contribution in [0.2, 0.25) is 0 Å². The summed E-state index contributed by atoms with van der Waals surface area (Å²) in [5, 5.41) is 15.9. The van der Waals surface area contributed by atoms with Gasteiger partial charge in [-0.05, 0) is 36.1 Å². The van der Waals surface area contributed by atoms with Gasteiger partial charge in [-0.15, -0.1) is 0 Å². The maximum absolute atomic E-state index is 11.8. The number of aliphatic carboxylic acids is 1. The van der Waals surface area contributed by atoms with Crippen molar-refractivity contribution in [3.63, 3.8) is 0 Å². The minimum Gasteiger partial charge on any atom is -0.548 e. The zero-order valence-electron chi connectivity index (χ0n) is 12.1. The molecule has 1 aromatic rings. The Bertz CT molecular complexity index is 552. The van der Waals surface area contributed by atoms with E-state index < -0.39 is 18.0 Å². The van der Waals surface area contributed by atoms with Gasteiger partial charge in [-0.2, -0.15) is 11.8 Å². The number of ether oxygens (including phenoxy) is 2. The van der Waals surface area contributed by atoms with Gasteiger partial charge in [-0.3, -0.25) is 0 Å². The van der Waals surface area contributed by atoms with Gasteiger partial charge in [-0.25, -0.2) is 4.79 Å². The van der Waals surface area contributed by atoms with E-state index in [1.54, 1.807) is 18.2 Å². The number of thioether (sulfide) groups is 1. The highest BCUT2D eigenvalue weighted by Crippen LogP contribution is 2.32. The van der Waals surface area contributed by atoms with Crippen molar-refractivity contribution in [3.8, 4) is 11.5 Å². The fraction of sp³-hybridized carbons (Fsp3) is 0.429. The highest BCUT2D eigenvalue weighted by Gasteiger charge is 2.15. The van der Waals surface area contributed by atoms with Crippen LogP contribution in [0.25, 0.3) is 0 Å². The van der Waals surface area contributed by atoms with E-state index in [0.29, 0.717) is 23.7 Å². The first-order valence-electron chi connectivity index (χ1n) is 6.73. The van der Waals surface area contributed by atoms with E-state index in [9.17, 15) is 14.7 Å². The standard InChI is InChI=1S/C14H18N2O5S/c1-22-5-4-10(13(17)18)16-14(19)15-7-9-2-3-11-12(6-9)21-8-20-11/h2-3,6,10H,4-5,7-8H2,1H3,(H,17,18)(H2,15,16,19)/p-1/t10-/m0/s1. The summed E-state index contributed by atoms with van der Waals surface area (Å²) in [5.41, 5.74) is 0.827. The van der Waals surface area contributed by atoms with Gasteiger partial charge in [0.1, 0.15) is 0 Å². The maximum atomic E-state index is 11.8. The van der Waals surface area contributed by atoms with E-state index >= 15 is 0 Å². The van der Waals surface area contributed by atoms with Crippen LogP contribution in [0.1, 0.15) is 12.0 Å². The molecule has 1 heterocycles. The molecule has 1 aliphatic heterocycles. The van der Waals surface area contributed by atoms with E-state index in [4.69, 9.17) is 9.47 Å². The third kappa shape index (κ3) is 4.45. The molecule has 0 saturated carbocycles. The largest absolute Gasteiger partial charge is 0.548 e. The van der Waals surface area contributed by atoms with E-state index in [-0.39, 0.29) is 13.3 Å². The van der Waals surface area contributed by atoms with Gasteiger partial charge < -0.3 is 30.0 Å². The summed E-state index contributed by atoms with van der Waals surface area (Å²) in [5.74, 6) is 0.642. The van der Waals surface area contributed by atoms with Crippen molar-refractivity contribution in [2.45, 2.75) is 19.0 Å². The molecule has 120 valence electrons. The zero-order valence-corrected chi connectivity index (χ0v) is 12.9. The summed E-state index contributed by atoms with van der Waals surface area (Å²) in [6.07, 6.45) is 2.19. The third-order valence-electron chi connectivity index (χ3n) is 3.09. The van der Waals surface area contributed by atoms with Crippen molar-refractivity contribution in [1.29, 1.82) is 0 Å². The van der Waals surface area contributed by atoms with Crippen molar-refractivity contribution in [2.75, 3.05) is 18.8 Å². The number of fused-ring (bicyclic) bond motifs is 1. The minimum atomic E-state index is -1.28. The lowest BCUT2D eigenvalue weighted by atomic mass is 10.2. The predicted octanol–water partition coefficient (Wildman–Crippen LogP) is 0.0861. The first-order valence-corrected chi connectivity index (χ1v) is 8.12. The second-order valence-corrected chi connectivity index (χ2v) is 5.65. The molecule has 0 fully saturated rings. The first kappa shape index (κ1) is 16.3. The molecular formula is C14H17N2O5S-. The van der Waals surface area contributed by atoms with Crippen molar-refractivity contribution >= 4 is 23.8 Å². The number of carboxylic acid groups (broad SMARTS) is 1.